The van der Waals surface area contributed by atoms with Crippen LogP contribution in [0.15, 0.2) is 45.6 Å². The monoisotopic (exact) mass is 384 g/mol. The van der Waals surface area contributed by atoms with Crippen LogP contribution in [0.1, 0.15) is 29.2 Å². The van der Waals surface area contributed by atoms with Crippen molar-refractivity contribution in [2.75, 3.05) is 19.6 Å². The van der Waals surface area contributed by atoms with E-state index < -0.39 is 24.5 Å². The van der Waals surface area contributed by atoms with Crippen molar-refractivity contribution in [3.05, 3.63) is 48.3 Å². The van der Waals surface area contributed by atoms with E-state index in [2.05, 4.69) is 0 Å². The van der Waals surface area contributed by atoms with E-state index in [9.17, 15) is 22.8 Å². The lowest BCUT2D eigenvalue weighted by molar-refractivity contribution is -0.166. The molecular formula is C18H19F3N2O4. The van der Waals surface area contributed by atoms with E-state index in [0.29, 0.717) is 12.8 Å². The minimum atomic E-state index is -4.50. The summed E-state index contributed by atoms with van der Waals surface area (Å²) in [6, 6.07) is 6.24. The van der Waals surface area contributed by atoms with Crippen molar-refractivity contribution in [2.24, 2.45) is 5.92 Å². The summed E-state index contributed by atoms with van der Waals surface area (Å²) in [5.74, 6) is -0.931. The summed E-state index contributed by atoms with van der Waals surface area (Å²) in [6.45, 7) is -0.998. The molecule has 0 aromatic carbocycles. The van der Waals surface area contributed by atoms with E-state index in [-0.39, 0.29) is 37.1 Å². The average molecular weight is 384 g/mol. The second kappa shape index (κ2) is 7.89. The van der Waals surface area contributed by atoms with Gasteiger partial charge in [-0.15, -0.1) is 0 Å². The molecule has 1 aliphatic rings. The summed E-state index contributed by atoms with van der Waals surface area (Å²) >= 11 is 0. The van der Waals surface area contributed by atoms with Crippen molar-refractivity contribution in [2.45, 2.75) is 25.6 Å². The lowest BCUT2D eigenvalue weighted by Gasteiger charge is -2.34. The first-order chi connectivity index (χ1) is 12.8. The van der Waals surface area contributed by atoms with E-state index in [4.69, 9.17) is 8.83 Å². The van der Waals surface area contributed by atoms with Crippen LogP contribution < -0.4 is 0 Å². The number of hydrogen-bond donors (Lipinski definition) is 0. The lowest BCUT2D eigenvalue weighted by Crippen LogP contribution is -2.46. The summed E-state index contributed by atoms with van der Waals surface area (Å²) in [7, 11) is 0. The zero-order valence-corrected chi connectivity index (χ0v) is 14.4. The molecule has 2 amide bonds. The van der Waals surface area contributed by atoms with Gasteiger partial charge in [0.2, 0.25) is 5.91 Å². The van der Waals surface area contributed by atoms with Crippen molar-refractivity contribution < 1.29 is 31.6 Å². The Morgan fingerprint density at radius 2 is 1.78 bits per heavy atom. The number of carbonyl (C=O) groups excluding carboxylic acids is 2. The Labute approximate surface area is 153 Å². The largest absolute Gasteiger partial charge is 0.467 e. The topological polar surface area (TPSA) is 66.9 Å². The Morgan fingerprint density at radius 3 is 2.33 bits per heavy atom. The molecule has 2 aromatic heterocycles. The Balaban J connectivity index is 1.62. The maximum absolute atomic E-state index is 12.9. The van der Waals surface area contributed by atoms with Crippen molar-refractivity contribution in [1.29, 1.82) is 0 Å². The molecule has 1 aliphatic heterocycles. The molecule has 146 valence electrons. The van der Waals surface area contributed by atoms with Crippen molar-refractivity contribution >= 4 is 11.8 Å². The summed E-state index contributed by atoms with van der Waals surface area (Å²) in [5, 5.41) is 0. The highest BCUT2D eigenvalue weighted by molar-refractivity contribution is 5.91. The third-order valence-electron chi connectivity index (χ3n) is 4.47. The second-order valence-electron chi connectivity index (χ2n) is 6.43. The van der Waals surface area contributed by atoms with Crippen LogP contribution >= 0.6 is 0 Å². The van der Waals surface area contributed by atoms with Crippen molar-refractivity contribution in [3.8, 4) is 0 Å². The predicted octanol–water partition coefficient (Wildman–Crippen LogP) is 3.32. The van der Waals surface area contributed by atoms with Gasteiger partial charge in [-0.25, -0.2) is 0 Å². The molecule has 9 heteroatoms. The highest BCUT2D eigenvalue weighted by atomic mass is 19.4. The molecule has 3 rings (SSSR count). The molecule has 0 atom stereocenters. The van der Waals surface area contributed by atoms with E-state index in [1.54, 1.807) is 23.1 Å². The molecule has 0 aliphatic carbocycles. The number of halogens is 3. The van der Waals surface area contributed by atoms with Crippen LogP contribution in [0.4, 0.5) is 13.2 Å². The first kappa shape index (κ1) is 19.1. The number of furan rings is 2. The van der Waals surface area contributed by atoms with Gasteiger partial charge in [-0.1, -0.05) is 0 Å². The highest BCUT2D eigenvalue weighted by Crippen LogP contribution is 2.25. The second-order valence-corrected chi connectivity index (χ2v) is 6.43. The number of alkyl halides is 3. The van der Waals surface area contributed by atoms with E-state index in [1.165, 1.54) is 18.6 Å². The summed E-state index contributed by atoms with van der Waals surface area (Å²) in [6.07, 6.45) is -1.15. The van der Waals surface area contributed by atoms with Gasteiger partial charge in [-0.3, -0.25) is 9.59 Å². The molecule has 2 aromatic rings. The van der Waals surface area contributed by atoms with Gasteiger partial charge in [0.05, 0.1) is 19.1 Å². The molecule has 27 heavy (non-hydrogen) atoms. The zero-order valence-electron chi connectivity index (χ0n) is 14.4. The van der Waals surface area contributed by atoms with Crippen LogP contribution in [0.3, 0.4) is 0 Å². The molecule has 0 bridgehead atoms. The number of likely N-dealkylation sites (tertiary alicyclic amines) is 1. The SMILES string of the molecule is O=C(c1ccco1)N1CCC(C(=O)N(Cc2ccco2)CC(F)(F)F)CC1. The van der Waals surface area contributed by atoms with Gasteiger partial charge >= 0.3 is 6.18 Å². The molecule has 0 spiro atoms. The standard InChI is InChI=1S/C18H19F3N2O4/c19-18(20,21)12-23(11-14-3-1-9-26-14)16(24)13-5-7-22(8-6-13)17(25)15-4-2-10-27-15/h1-4,9-10,13H,5-8,11-12H2. The fourth-order valence-corrected chi connectivity index (χ4v) is 3.16. The average Bonchev–Trinajstić information content (AvgIpc) is 3.33. The first-order valence-corrected chi connectivity index (χ1v) is 8.54. The minimum Gasteiger partial charge on any atom is -0.467 e. The van der Waals surface area contributed by atoms with Crippen LogP contribution in [0.25, 0.3) is 0 Å². The zero-order chi connectivity index (χ0) is 19.4. The number of hydrogen-bond acceptors (Lipinski definition) is 4. The Kier molecular flexibility index (Phi) is 5.57. The van der Waals surface area contributed by atoms with Crippen LogP contribution in [0.2, 0.25) is 0 Å². The van der Waals surface area contributed by atoms with Crippen LogP contribution in [-0.2, 0) is 11.3 Å². The quantitative estimate of drug-likeness (QED) is 0.793. The Bertz CT molecular complexity index is 748. The van der Waals surface area contributed by atoms with Gasteiger partial charge in [0.25, 0.3) is 5.91 Å². The number of amides is 2. The normalized spacial score (nSPS) is 15.7. The Hall–Kier alpha value is -2.71. The fourth-order valence-electron chi connectivity index (χ4n) is 3.16. The van der Waals surface area contributed by atoms with Crippen LogP contribution in [0, 0.1) is 5.92 Å². The first-order valence-electron chi connectivity index (χ1n) is 8.54. The third kappa shape index (κ3) is 4.93. The molecule has 0 unspecified atom stereocenters. The Morgan fingerprint density at radius 1 is 1.11 bits per heavy atom. The van der Waals surface area contributed by atoms with E-state index in [1.807, 2.05) is 0 Å². The number of piperidine rings is 1. The number of rotatable bonds is 5. The van der Waals surface area contributed by atoms with Gasteiger partial charge in [0.1, 0.15) is 12.3 Å². The number of carbonyl (C=O) groups is 2. The maximum Gasteiger partial charge on any atom is 0.406 e. The van der Waals surface area contributed by atoms with E-state index >= 15 is 0 Å². The van der Waals surface area contributed by atoms with Gasteiger partial charge < -0.3 is 18.6 Å². The smallest absolute Gasteiger partial charge is 0.406 e. The van der Waals surface area contributed by atoms with Crippen LogP contribution in [0.5, 0.6) is 0 Å². The van der Waals surface area contributed by atoms with Gasteiger partial charge in [0.15, 0.2) is 5.76 Å². The molecule has 3 heterocycles. The molecule has 0 saturated carbocycles. The minimum absolute atomic E-state index is 0.205. The molecule has 1 saturated heterocycles. The lowest BCUT2D eigenvalue weighted by atomic mass is 9.95. The predicted molar refractivity (Wildman–Crippen MR) is 87.5 cm³/mol. The summed E-state index contributed by atoms with van der Waals surface area (Å²) in [4.78, 5) is 27.2. The van der Waals surface area contributed by atoms with E-state index in [0.717, 1.165) is 4.90 Å². The summed E-state index contributed by atoms with van der Waals surface area (Å²) < 4.78 is 48.9. The molecule has 0 radical (unpaired) electrons. The van der Waals surface area contributed by atoms with Crippen molar-refractivity contribution in [3.63, 3.8) is 0 Å². The highest BCUT2D eigenvalue weighted by Gasteiger charge is 2.37. The fraction of sp³-hybridized carbons (Fsp3) is 0.444. The number of nitrogens with zero attached hydrogens (tertiary/aromatic N) is 2. The van der Waals surface area contributed by atoms with Crippen LogP contribution in [-0.4, -0.2) is 47.4 Å². The molecule has 0 N–H and O–H groups in total. The third-order valence-corrected chi connectivity index (χ3v) is 4.47. The summed E-state index contributed by atoms with van der Waals surface area (Å²) in [5.41, 5.74) is 0. The molecular weight excluding hydrogens is 365 g/mol. The van der Waals surface area contributed by atoms with Gasteiger partial charge in [-0.05, 0) is 37.1 Å². The van der Waals surface area contributed by atoms with Gasteiger partial charge in [-0.2, -0.15) is 13.2 Å². The van der Waals surface area contributed by atoms with Crippen molar-refractivity contribution in [1.82, 2.24) is 9.80 Å². The molecule has 6 nitrogen and oxygen atoms in total. The molecule has 1 fully saturated rings. The van der Waals surface area contributed by atoms with Gasteiger partial charge in [0, 0.05) is 19.0 Å². The maximum atomic E-state index is 12.9.